The summed E-state index contributed by atoms with van der Waals surface area (Å²) in [5.74, 6) is -0.00180. The maximum Gasteiger partial charge on any atom is 0.271 e. The van der Waals surface area contributed by atoms with E-state index in [-0.39, 0.29) is 17.5 Å². The molecule has 0 atom stereocenters. The molecule has 142 valence electrons. The lowest BCUT2D eigenvalue weighted by atomic mass is 10.1. The SMILES string of the molecule is CC(C)NC/C=C/C(=O)N1CC(Nc2cc(-c3ccncc3)c[nH]c2=O)C1. The van der Waals surface area contributed by atoms with Crippen molar-refractivity contribution in [2.45, 2.75) is 25.9 Å². The molecule has 7 nitrogen and oxygen atoms in total. The molecule has 27 heavy (non-hydrogen) atoms. The maximum atomic E-state index is 12.1. The number of rotatable bonds is 7. The first-order valence-electron chi connectivity index (χ1n) is 9.11. The van der Waals surface area contributed by atoms with Crippen LogP contribution in [0.1, 0.15) is 13.8 Å². The Morgan fingerprint density at radius 3 is 2.78 bits per heavy atom. The van der Waals surface area contributed by atoms with Crippen molar-refractivity contribution in [3.8, 4) is 11.1 Å². The summed E-state index contributed by atoms with van der Waals surface area (Å²) < 4.78 is 0. The number of aromatic amines is 1. The van der Waals surface area contributed by atoms with E-state index in [9.17, 15) is 9.59 Å². The first-order chi connectivity index (χ1) is 13.0. The number of anilines is 1. The summed E-state index contributed by atoms with van der Waals surface area (Å²) in [6.45, 7) is 5.97. The van der Waals surface area contributed by atoms with Crippen LogP contribution in [0.5, 0.6) is 0 Å². The average Bonchev–Trinajstić information content (AvgIpc) is 2.63. The fourth-order valence-electron chi connectivity index (χ4n) is 2.84. The van der Waals surface area contributed by atoms with E-state index in [0.717, 1.165) is 11.1 Å². The van der Waals surface area contributed by atoms with Gasteiger partial charge in [0.05, 0.1) is 6.04 Å². The molecule has 0 aliphatic carbocycles. The van der Waals surface area contributed by atoms with E-state index in [4.69, 9.17) is 0 Å². The van der Waals surface area contributed by atoms with Gasteiger partial charge in [0.2, 0.25) is 5.91 Å². The number of nitrogens with zero attached hydrogens (tertiary/aromatic N) is 2. The number of hydrogen-bond acceptors (Lipinski definition) is 5. The van der Waals surface area contributed by atoms with Crippen LogP contribution >= 0.6 is 0 Å². The summed E-state index contributed by atoms with van der Waals surface area (Å²) in [5.41, 5.74) is 2.23. The Morgan fingerprint density at radius 1 is 1.33 bits per heavy atom. The molecule has 1 amide bonds. The van der Waals surface area contributed by atoms with Crippen LogP contribution in [-0.4, -0.2) is 52.5 Å². The third-order valence-electron chi connectivity index (χ3n) is 4.37. The van der Waals surface area contributed by atoms with Crippen molar-refractivity contribution in [1.29, 1.82) is 0 Å². The Morgan fingerprint density at radius 2 is 2.07 bits per heavy atom. The largest absolute Gasteiger partial charge is 0.374 e. The summed E-state index contributed by atoms with van der Waals surface area (Å²) in [6, 6.07) is 6.08. The van der Waals surface area contributed by atoms with Gasteiger partial charge in [-0.15, -0.1) is 0 Å². The standard InChI is InChI=1S/C20H25N5O2/c1-14(2)22-7-3-4-19(26)25-12-17(13-25)24-18-10-16(11-23-20(18)27)15-5-8-21-9-6-15/h3-6,8-11,14,17,22,24H,7,12-13H2,1-2H3,(H,23,27)/b4-3+. The first-order valence-corrected chi connectivity index (χ1v) is 9.11. The topological polar surface area (TPSA) is 90.1 Å². The molecule has 3 rings (SSSR count). The average molecular weight is 367 g/mol. The molecule has 1 fully saturated rings. The zero-order valence-corrected chi connectivity index (χ0v) is 15.6. The van der Waals surface area contributed by atoms with E-state index >= 15 is 0 Å². The van der Waals surface area contributed by atoms with Crippen molar-refractivity contribution < 1.29 is 4.79 Å². The highest BCUT2D eigenvalue weighted by molar-refractivity contribution is 5.88. The Bertz CT molecular complexity index is 854. The Hall–Kier alpha value is -2.93. The van der Waals surface area contributed by atoms with Gasteiger partial charge in [-0.2, -0.15) is 0 Å². The number of nitrogens with one attached hydrogen (secondary N) is 3. The van der Waals surface area contributed by atoms with Gasteiger partial charge in [0.1, 0.15) is 5.69 Å². The second-order valence-electron chi connectivity index (χ2n) is 6.92. The van der Waals surface area contributed by atoms with Crippen molar-refractivity contribution in [2.24, 2.45) is 0 Å². The Kier molecular flexibility index (Phi) is 6.03. The highest BCUT2D eigenvalue weighted by Crippen LogP contribution is 2.20. The van der Waals surface area contributed by atoms with Crippen LogP contribution in [0.2, 0.25) is 0 Å². The first kappa shape index (κ1) is 18.8. The van der Waals surface area contributed by atoms with Gasteiger partial charge in [-0.1, -0.05) is 19.9 Å². The number of amides is 1. The zero-order chi connectivity index (χ0) is 19.2. The van der Waals surface area contributed by atoms with Gasteiger partial charge >= 0.3 is 0 Å². The van der Waals surface area contributed by atoms with E-state index in [1.54, 1.807) is 29.6 Å². The lowest BCUT2D eigenvalue weighted by Gasteiger charge is -2.39. The van der Waals surface area contributed by atoms with Crippen molar-refractivity contribution in [1.82, 2.24) is 20.2 Å². The van der Waals surface area contributed by atoms with Gasteiger partial charge in [0.15, 0.2) is 0 Å². The normalized spacial score (nSPS) is 14.6. The third-order valence-corrected chi connectivity index (χ3v) is 4.37. The second-order valence-corrected chi connectivity index (χ2v) is 6.92. The minimum atomic E-state index is -0.169. The molecule has 0 unspecified atom stereocenters. The summed E-state index contributed by atoms with van der Waals surface area (Å²) in [6.07, 6.45) is 8.56. The maximum absolute atomic E-state index is 12.1. The summed E-state index contributed by atoms with van der Waals surface area (Å²) in [7, 11) is 0. The molecular formula is C20H25N5O2. The monoisotopic (exact) mass is 367 g/mol. The van der Waals surface area contributed by atoms with Gasteiger partial charge in [0, 0.05) is 55.9 Å². The molecule has 3 N–H and O–H groups in total. The van der Waals surface area contributed by atoms with Crippen LogP contribution in [0.25, 0.3) is 11.1 Å². The molecule has 2 aromatic rings. The predicted molar refractivity (Wildman–Crippen MR) is 107 cm³/mol. The van der Waals surface area contributed by atoms with Crippen molar-refractivity contribution in [3.05, 3.63) is 59.3 Å². The zero-order valence-electron chi connectivity index (χ0n) is 15.6. The molecule has 1 saturated heterocycles. The molecule has 1 aliphatic heterocycles. The van der Waals surface area contributed by atoms with E-state index in [2.05, 4.69) is 34.4 Å². The molecular weight excluding hydrogens is 342 g/mol. The van der Waals surface area contributed by atoms with E-state index in [1.807, 2.05) is 24.3 Å². The van der Waals surface area contributed by atoms with Crippen LogP contribution in [0.3, 0.4) is 0 Å². The van der Waals surface area contributed by atoms with E-state index in [0.29, 0.717) is 31.4 Å². The molecule has 1 aliphatic rings. The predicted octanol–water partition coefficient (Wildman–Crippen LogP) is 1.61. The Labute approximate surface area is 158 Å². The third kappa shape index (κ3) is 5.04. The number of carbonyl (C=O) groups is 1. The highest BCUT2D eigenvalue weighted by Gasteiger charge is 2.29. The van der Waals surface area contributed by atoms with E-state index < -0.39 is 0 Å². The molecule has 7 heteroatoms. The molecule has 0 radical (unpaired) electrons. The lowest BCUT2D eigenvalue weighted by molar-refractivity contribution is -0.129. The second kappa shape index (κ2) is 8.64. The lowest BCUT2D eigenvalue weighted by Crippen LogP contribution is -2.57. The number of H-pyrrole nitrogens is 1. The molecule has 0 bridgehead atoms. The van der Waals surface area contributed by atoms with Crippen LogP contribution in [0.15, 0.2) is 53.7 Å². The smallest absolute Gasteiger partial charge is 0.271 e. The Balaban J connectivity index is 1.54. The van der Waals surface area contributed by atoms with Gasteiger partial charge < -0.3 is 20.5 Å². The summed E-state index contributed by atoms with van der Waals surface area (Å²) in [5, 5.41) is 6.46. The van der Waals surface area contributed by atoms with Crippen molar-refractivity contribution in [3.63, 3.8) is 0 Å². The minimum Gasteiger partial charge on any atom is -0.374 e. The summed E-state index contributed by atoms with van der Waals surface area (Å²) >= 11 is 0. The summed E-state index contributed by atoms with van der Waals surface area (Å²) in [4.78, 5) is 32.7. The molecule has 0 spiro atoms. The quantitative estimate of drug-likeness (QED) is 0.647. The number of likely N-dealkylation sites (tertiary alicyclic amines) is 1. The number of carbonyl (C=O) groups excluding carboxylic acids is 1. The van der Waals surface area contributed by atoms with Crippen LogP contribution in [-0.2, 0) is 4.79 Å². The van der Waals surface area contributed by atoms with Gasteiger partial charge in [0.25, 0.3) is 5.56 Å². The fourth-order valence-corrected chi connectivity index (χ4v) is 2.84. The van der Waals surface area contributed by atoms with Crippen LogP contribution in [0, 0.1) is 0 Å². The van der Waals surface area contributed by atoms with Gasteiger partial charge in [-0.25, -0.2) is 0 Å². The fraction of sp³-hybridized carbons (Fsp3) is 0.350. The molecule has 2 aromatic heterocycles. The molecule has 0 saturated carbocycles. The molecule has 3 heterocycles. The number of aromatic nitrogens is 2. The van der Waals surface area contributed by atoms with Gasteiger partial charge in [-0.3, -0.25) is 14.6 Å². The minimum absolute atomic E-state index is 0.00180. The van der Waals surface area contributed by atoms with Gasteiger partial charge in [-0.05, 0) is 23.8 Å². The van der Waals surface area contributed by atoms with Crippen molar-refractivity contribution in [2.75, 3.05) is 25.0 Å². The molecule has 0 aromatic carbocycles. The van der Waals surface area contributed by atoms with Crippen molar-refractivity contribution >= 4 is 11.6 Å². The highest BCUT2D eigenvalue weighted by atomic mass is 16.2. The van der Waals surface area contributed by atoms with E-state index in [1.165, 1.54) is 0 Å². The number of pyridine rings is 2. The van der Waals surface area contributed by atoms with Crippen LogP contribution < -0.4 is 16.2 Å². The number of hydrogen-bond donors (Lipinski definition) is 3. The van der Waals surface area contributed by atoms with Crippen LogP contribution in [0.4, 0.5) is 5.69 Å².